The maximum atomic E-state index is 11.7. The van der Waals surface area contributed by atoms with Crippen molar-refractivity contribution >= 4 is 27.4 Å². The summed E-state index contributed by atoms with van der Waals surface area (Å²) in [7, 11) is 1.70. The van der Waals surface area contributed by atoms with E-state index in [4.69, 9.17) is 9.84 Å². The summed E-state index contributed by atoms with van der Waals surface area (Å²) < 4.78 is 6.45. The Bertz CT molecular complexity index is 979. The lowest BCUT2D eigenvalue weighted by atomic mass is 9.77. The SMILES string of the molecule is COc1ccc2c(c1)CC[C@@H]1C2=NN(/C(C)=C/C(C)=O)[C@H]1c1ccc(Br)cc1. The second kappa shape index (κ2) is 7.55. The first-order valence-electron chi connectivity index (χ1n) is 9.47. The smallest absolute Gasteiger partial charge is 0.154 e. The molecule has 0 bridgehead atoms. The molecule has 2 atom stereocenters. The van der Waals surface area contributed by atoms with E-state index in [1.165, 1.54) is 16.7 Å². The number of halogens is 1. The molecule has 0 radical (unpaired) electrons. The summed E-state index contributed by atoms with van der Waals surface area (Å²) in [5.41, 5.74) is 5.65. The molecular weight excluding hydrogens is 416 g/mol. The Hall–Kier alpha value is -2.40. The van der Waals surface area contributed by atoms with E-state index in [9.17, 15) is 4.79 Å². The number of ketones is 1. The summed E-state index contributed by atoms with van der Waals surface area (Å²) in [6.07, 6.45) is 3.68. The van der Waals surface area contributed by atoms with Crippen molar-refractivity contribution in [3.8, 4) is 5.75 Å². The molecule has 1 aliphatic carbocycles. The van der Waals surface area contributed by atoms with Crippen molar-refractivity contribution in [1.29, 1.82) is 0 Å². The van der Waals surface area contributed by atoms with Crippen LogP contribution in [0.1, 0.15) is 43.0 Å². The van der Waals surface area contributed by atoms with Crippen molar-refractivity contribution in [2.45, 2.75) is 32.7 Å². The Morgan fingerprint density at radius 1 is 1.21 bits per heavy atom. The van der Waals surface area contributed by atoms with Crippen molar-refractivity contribution in [1.82, 2.24) is 5.01 Å². The van der Waals surface area contributed by atoms with Crippen LogP contribution in [0.15, 0.2) is 63.8 Å². The van der Waals surface area contributed by atoms with Crippen LogP contribution in [0.25, 0.3) is 0 Å². The summed E-state index contributed by atoms with van der Waals surface area (Å²) >= 11 is 3.52. The number of hydrogen-bond acceptors (Lipinski definition) is 4. The molecule has 0 saturated heterocycles. The van der Waals surface area contributed by atoms with Crippen LogP contribution in [-0.2, 0) is 11.2 Å². The van der Waals surface area contributed by atoms with E-state index in [0.29, 0.717) is 0 Å². The van der Waals surface area contributed by atoms with Gasteiger partial charge in [0.15, 0.2) is 5.78 Å². The van der Waals surface area contributed by atoms with E-state index in [1.807, 2.05) is 18.0 Å². The number of rotatable bonds is 4. The van der Waals surface area contributed by atoms with Crippen LogP contribution in [0.2, 0.25) is 0 Å². The minimum Gasteiger partial charge on any atom is -0.497 e. The lowest BCUT2D eigenvalue weighted by molar-refractivity contribution is -0.112. The number of aryl methyl sites for hydroxylation is 1. The Kier molecular flexibility index (Phi) is 5.11. The highest BCUT2D eigenvalue weighted by Gasteiger charge is 2.42. The van der Waals surface area contributed by atoms with E-state index in [2.05, 4.69) is 52.3 Å². The first-order chi connectivity index (χ1) is 13.5. The first-order valence-corrected chi connectivity index (χ1v) is 10.3. The van der Waals surface area contributed by atoms with Gasteiger partial charge in [0.25, 0.3) is 0 Å². The Morgan fingerprint density at radius 2 is 1.96 bits per heavy atom. The second-order valence-electron chi connectivity index (χ2n) is 7.39. The number of ether oxygens (including phenoxy) is 1. The summed E-state index contributed by atoms with van der Waals surface area (Å²) in [4.78, 5) is 11.7. The molecule has 1 heterocycles. The van der Waals surface area contributed by atoms with Crippen LogP contribution in [0.5, 0.6) is 5.75 Å². The van der Waals surface area contributed by atoms with E-state index in [-0.39, 0.29) is 17.7 Å². The molecule has 0 amide bonds. The van der Waals surface area contributed by atoms with Gasteiger partial charge >= 0.3 is 0 Å². The highest BCUT2D eigenvalue weighted by atomic mass is 79.9. The molecule has 4 rings (SSSR count). The van der Waals surface area contributed by atoms with Gasteiger partial charge in [0.05, 0.1) is 18.9 Å². The summed E-state index contributed by atoms with van der Waals surface area (Å²) in [6.45, 7) is 3.54. The first kappa shape index (κ1) is 18.9. The van der Waals surface area contributed by atoms with Gasteiger partial charge in [-0.2, -0.15) is 5.10 Å². The minimum atomic E-state index is 0.0345. The number of allylic oxidation sites excluding steroid dienone is 2. The number of hydrogen-bond donors (Lipinski definition) is 0. The van der Waals surface area contributed by atoms with Gasteiger partial charge in [-0.1, -0.05) is 28.1 Å². The van der Waals surface area contributed by atoms with Gasteiger partial charge in [0, 0.05) is 27.7 Å². The van der Waals surface area contributed by atoms with Crippen molar-refractivity contribution in [2.24, 2.45) is 11.0 Å². The van der Waals surface area contributed by atoms with Crippen LogP contribution >= 0.6 is 15.9 Å². The van der Waals surface area contributed by atoms with Gasteiger partial charge in [-0.05, 0) is 68.1 Å². The highest BCUT2D eigenvalue weighted by molar-refractivity contribution is 9.10. The average molecular weight is 439 g/mol. The van der Waals surface area contributed by atoms with Crippen LogP contribution < -0.4 is 4.74 Å². The number of methoxy groups -OCH3 is 1. The van der Waals surface area contributed by atoms with Crippen molar-refractivity contribution in [3.05, 3.63) is 75.4 Å². The van der Waals surface area contributed by atoms with Gasteiger partial charge in [0.2, 0.25) is 0 Å². The lowest BCUT2D eigenvalue weighted by Crippen LogP contribution is -2.28. The molecule has 0 spiro atoms. The van der Waals surface area contributed by atoms with Crippen LogP contribution in [0.4, 0.5) is 0 Å². The third-order valence-electron chi connectivity index (χ3n) is 5.51. The van der Waals surface area contributed by atoms with Crippen LogP contribution in [0, 0.1) is 5.92 Å². The maximum absolute atomic E-state index is 11.7. The fourth-order valence-electron chi connectivity index (χ4n) is 4.28. The molecule has 0 aromatic heterocycles. The Balaban J connectivity index is 1.81. The van der Waals surface area contributed by atoms with Crippen molar-refractivity contribution < 1.29 is 9.53 Å². The third kappa shape index (κ3) is 3.39. The van der Waals surface area contributed by atoms with Gasteiger partial charge < -0.3 is 4.74 Å². The zero-order valence-corrected chi connectivity index (χ0v) is 17.9. The summed E-state index contributed by atoms with van der Waals surface area (Å²) in [5, 5.41) is 7.05. The quantitative estimate of drug-likeness (QED) is 0.610. The molecule has 1 aliphatic heterocycles. The lowest BCUT2D eigenvalue weighted by Gasteiger charge is -2.31. The molecule has 0 saturated carbocycles. The molecule has 5 heteroatoms. The van der Waals surface area contributed by atoms with E-state index >= 15 is 0 Å². The molecule has 28 heavy (non-hydrogen) atoms. The van der Waals surface area contributed by atoms with E-state index < -0.39 is 0 Å². The molecule has 0 fully saturated rings. The van der Waals surface area contributed by atoms with Crippen molar-refractivity contribution in [3.63, 3.8) is 0 Å². The molecule has 2 aromatic rings. The maximum Gasteiger partial charge on any atom is 0.154 e. The van der Waals surface area contributed by atoms with E-state index in [1.54, 1.807) is 20.1 Å². The predicted octanol–water partition coefficient (Wildman–Crippen LogP) is 5.27. The van der Waals surface area contributed by atoms with Gasteiger partial charge in [-0.25, -0.2) is 0 Å². The van der Waals surface area contributed by atoms with Crippen LogP contribution in [-0.4, -0.2) is 23.6 Å². The zero-order valence-electron chi connectivity index (χ0n) is 16.3. The molecule has 144 valence electrons. The zero-order chi connectivity index (χ0) is 19.8. The Morgan fingerprint density at radius 3 is 2.64 bits per heavy atom. The molecule has 2 aliphatic rings. The number of fused-ring (bicyclic) bond motifs is 3. The second-order valence-corrected chi connectivity index (χ2v) is 8.31. The summed E-state index contributed by atoms with van der Waals surface area (Å²) in [6, 6.07) is 14.7. The standard InChI is InChI=1S/C23H23BrN2O2/c1-14(12-15(2)27)26-23(16-4-7-18(24)8-5-16)21-10-6-17-13-19(28-3)9-11-20(17)22(21)25-26/h4-5,7-9,11-13,21,23H,6,10H2,1-3H3/b14-12+/t21-,23+/m1/s1. The average Bonchev–Trinajstić information content (AvgIpc) is 3.07. The fraction of sp³-hybridized carbons (Fsp3) is 0.304. The van der Waals surface area contributed by atoms with E-state index in [0.717, 1.165) is 34.5 Å². The predicted molar refractivity (Wildman–Crippen MR) is 115 cm³/mol. The molecule has 0 N–H and O–H groups in total. The normalized spacial score (nSPS) is 21.1. The molecule has 0 unspecified atom stereocenters. The topological polar surface area (TPSA) is 41.9 Å². The van der Waals surface area contributed by atoms with Gasteiger partial charge in [-0.3, -0.25) is 9.80 Å². The molecular formula is C23H23BrN2O2. The van der Waals surface area contributed by atoms with Crippen LogP contribution in [0.3, 0.4) is 0 Å². The fourth-order valence-corrected chi connectivity index (χ4v) is 4.54. The largest absolute Gasteiger partial charge is 0.497 e. The number of carbonyl (C=O) groups excluding carboxylic acids is 1. The molecule has 4 nitrogen and oxygen atoms in total. The molecule has 2 aromatic carbocycles. The Labute approximate surface area is 174 Å². The minimum absolute atomic E-state index is 0.0345. The number of nitrogens with zero attached hydrogens (tertiary/aromatic N) is 2. The third-order valence-corrected chi connectivity index (χ3v) is 6.04. The number of carbonyl (C=O) groups is 1. The number of benzene rings is 2. The van der Waals surface area contributed by atoms with Gasteiger partial charge in [0.1, 0.15) is 5.75 Å². The van der Waals surface area contributed by atoms with Gasteiger partial charge in [-0.15, -0.1) is 0 Å². The summed E-state index contributed by atoms with van der Waals surface area (Å²) in [5.74, 6) is 1.20. The highest BCUT2D eigenvalue weighted by Crippen LogP contribution is 2.45. The van der Waals surface area contributed by atoms with Crippen molar-refractivity contribution in [2.75, 3.05) is 7.11 Å². The monoisotopic (exact) mass is 438 g/mol. The number of hydrazone groups is 1.